The van der Waals surface area contributed by atoms with Crippen molar-refractivity contribution >= 4 is 16.5 Å². The van der Waals surface area contributed by atoms with Gasteiger partial charge in [-0.1, -0.05) is 11.3 Å². The van der Waals surface area contributed by atoms with Crippen molar-refractivity contribution in [3.05, 3.63) is 40.4 Å². The molecule has 17 heavy (non-hydrogen) atoms. The zero-order valence-corrected chi connectivity index (χ0v) is 10.2. The van der Waals surface area contributed by atoms with Crippen molar-refractivity contribution in [1.82, 2.24) is 10.2 Å². The summed E-state index contributed by atoms with van der Waals surface area (Å²) in [5.74, 6) is -0.892. The topological polar surface area (TPSA) is 37.8 Å². The normalized spacial score (nSPS) is 12.5. The molecule has 0 spiro atoms. The van der Waals surface area contributed by atoms with Crippen LogP contribution in [0.15, 0.2) is 18.2 Å². The first-order valence-corrected chi connectivity index (χ1v) is 5.89. The van der Waals surface area contributed by atoms with Crippen LogP contribution >= 0.6 is 11.3 Å². The van der Waals surface area contributed by atoms with Gasteiger partial charge in [-0.3, -0.25) is 0 Å². The van der Waals surface area contributed by atoms with Crippen LogP contribution in [0.4, 0.5) is 13.9 Å². The number of aromatic nitrogens is 2. The minimum absolute atomic E-state index is 0.276. The van der Waals surface area contributed by atoms with Gasteiger partial charge < -0.3 is 5.32 Å². The van der Waals surface area contributed by atoms with Gasteiger partial charge in [0.1, 0.15) is 16.6 Å². The summed E-state index contributed by atoms with van der Waals surface area (Å²) in [6, 6.07) is 3.04. The average Bonchev–Trinajstić information content (AvgIpc) is 2.67. The van der Waals surface area contributed by atoms with Crippen LogP contribution in [-0.2, 0) is 0 Å². The van der Waals surface area contributed by atoms with E-state index in [1.807, 2.05) is 6.92 Å². The van der Waals surface area contributed by atoms with Crippen LogP contribution in [0.2, 0.25) is 0 Å². The highest BCUT2D eigenvalue weighted by atomic mass is 32.1. The molecule has 0 amide bonds. The van der Waals surface area contributed by atoms with Crippen molar-refractivity contribution in [3.8, 4) is 0 Å². The number of rotatable bonds is 3. The molecule has 0 bridgehead atoms. The molecule has 1 aromatic heterocycles. The van der Waals surface area contributed by atoms with E-state index < -0.39 is 11.6 Å². The third-order valence-corrected chi connectivity index (χ3v) is 3.06. The van der Waals surface area contributed by atoms with E-state index in [1.54, 1.807) is 6.92 Å². The zero-order chi connectivity index (χ0) is 12.4. The van der Waals surface area contributed by atoms with E-state index >= 15 is 0 Å². The second kappa shape index (κ2) is 4.75. The van der Waals surface area contributed by atoms with Gasteiger partial charge in [-0.15, -0.1) is 10.2 Å². The third-order valence-electron chi connectivity index (χ3n) is 2.29. The minimum atomic E-state index is -0.455. The number of halogens is 2. The fourth-order valence-electron chi connectivity index (χ4n) is 1.46. The highest BCUT2D eigenvalue weighted by molar-refractivity contribution is 7.15. The van der Waals surface area contributed by atoms with Gasteiger partial charge in [0.25, 0.3) is 0 Å². The quantitative estimate of drug-likeness (QED) is 0.914. The molecule has 6 heteroatoms. The Labute approximate surface area is 102 Å². The van der Waals surface area contributed by atoms with E-state index in [0.29, 0.717) is 5.13 Å². The van der Waals surface area contributed by atoms with Crippen LogP contribution in [0.1, 0.15) is 23.5 Å². The maximum atomic E-state index is 13.5. The van der Waals surface area contributed by atoms with E-state index in [-0.39, 0.29) is 11.6 Å². The van der Waals surface area contributed by atoms with E-state index in [0.717, 1.165) is 17.1 Å². The van der Waals surface area contributed by atoms with E-state index in [2.05, 4.69) is 15.5 Å². The Morgan fingerprint density at radius 2 is 2.06 bits per heavy atom. The summed E-state index contributed by atoms with van der Waals surface area (Å²) in [7, 11) is 0. The molecular formula is C11H11F2N3S. The fraction of sp³-hybridized carbons (Fsp3) is 0.273. The SMILES string of the molecule is Cc1nnc(NC(C)c2cc(F)ccc2F)s1. The lowest BCUT2D eigenvalue weighted by atomic mass is 10.1. The zero-order valence-electron chi connectivity index (χ0n) is 9.37. The van der Waals surface area contributed by atoms with Gasteiger partial charge in [0.15, 0.2) is 0 Å². The Morgan fingerprint density at radius 3 is 2.71 bits per heavy atom. The molecule has 0 aliphatic carbocycles. The molecule has 0 saturated carbocycles. The third kappa shape index (κ3) is 2.76. The number of hydrogen-bond acceptors (Lipinski definition) is 4. The van der Waals surface area contributed by atoms with Crippen LogP contribution in [0, 0.1) is 18.6 Å². The number of hydrogen-bond donors (Lipinski definition) is 1. The summed E-state index contributed by atoms with van der Waals surface area (Å²) >= 11 is 1.37. The Morgan fingerprint density at radius 1 is 1.29 bits per heavy atom. The van der Waals surface area contributed by atoms with Crippen LogP contribution in [0.5, 0.6) is 0 Å². The number of nitrogens with zero attached hydrogens (tertiary/aromatic N) is 2. The first kappa shape index (κ1) is 11.9. The molecular weight excluding hydrogens is 244 g/mol. The molecule has 0 aliphatic rings. The summed E-state index contributed by atoms with van der Waals surface area (Å²) in [6.45, 7) is 3.57. The van der Waals surface area contributed by atoms with Crippen LogP contribution in [0.3, 0.4) is 0 Å². The molecule has 1 N–H and O–H groups in total. The van der Waals surface area contributed by atoms with Gasteiger partial charge in [-0.2, -0.15) is 0 Å². The van der Waals surface area contributed by atoms with Gasteiger partial charge in [0, 0.05) is 5.56 Å². The van der Waals surface area contributed by atoms with E-state index in [1.165, 1.54) is 17.4 Å². The lowest BCUT2D eigenvalue weighted by Gasteiger charge is -2.13. The summed E-state index contributed by atoms with van der Waals surface area (Å²) in [4.78, 5) is 0. The maximum Gasteiger partial charge on any atom is 0.206 e. The standard InChI is InChI=1S/C11H11F2N3S/c1-6(14-11-16-15-7(2)17-11)9-5-8(12)3-4-10(9)13/h3-6H,1-2H3,(H,14,16). The number of benzene rings is 1. The van der Waals surface area contributed by atoms with Crippen LogP contribution in [0.25, 0.3) is 0 Å². The first-order chi connectivity index (χ1) is 8.06. The smallest absolute Gasteiger partial charge is 0.206 e. The average molecular weight is 255 g/mol. The van der Waals surface area contributed by atoms with Crippen molar-refractivity contribution in [2.24, 2.45) is 0 Å². The second-order valence-electron chi connectivity index (χ2n) is 3.66. The van der Waals surface area contributed by atoms with Gasteiger partial charge in [-0.05, 0) is 32.0 Å². The van der Waals surface area contributed by atoms with E-state index in [9.17, 15) is 8.78 Å². The number of aryl methyl sites for hydroxylation is 1. The van der Waals surface area contributed by atoms with Gasteiger partial charge >= 0.3 is 0 Å². The second-order valence-corrected chi connectivity index (χ2v) is 4.84. The monoisotopic (exact) mass is 255 g/mol. The summed E-state index contributed by atoms with van der Waals surface area (Å²) < 4.78 is 26.5. The van der Waals surface area contributed by atoms with Crippen molar-refractivity contribution in [3.63, 3.8) is 0 Å². The molecule has 2 aromatic rings. The Kier molecular flexibility index (Phi) is 3.33. The number of anilines is 1. The largest absolute Gasteiger partial charge is 0.353 e. The van der Waals surface area contributed by atoms with Crippen molar-refractivity contribution in [1.29, 1.82) is 0 Å². The molecule has 1 unspecified atom stereocenters. The molecule has 1 aromatic carbocycles. The van der Waals surface area contributed by atoms with Crippen molar-refractivity contribution in [2.45, 2.75) is 19.9 Å². The van der Waals surface area contributed by atoms with E-state index in [4.69, 9.17) is 0 Å². The maximum absolute atomic E-state index is 13.5. The molecule has 1 atom stereocenters. The molecule has 3 nitrogen and oxygen atoms in total. The highest BCUT2D eigenvalue weighted by Gasteiger charge is 2.13. The Hall–Kier alpha value is -1.56. The molecule has 0 saturated heterocycles. The minimum Gasteiger partial charge on any atom is -0.353 e. The predicted octanol–water partition coefficient (Wildman–Crippen LogP) is 3.30. The Balaban J connectivity index is 2.19. The number of nitrogens with one attached hydrogen (secondary N) is 1. The van der Waals surface area contributed by atoms with Gasteiger partial charge in [0.05, 0.1) is 6.04 Å². The lowest BCUT2D eigenvalue weighted by Crippen LogP contribution is -2.08. The Bertz CT molecular complexity index is 527. The van der Waals surface area contributed by atoms with Crippen LogP contribution in [-0.4, -0.2) is 10.2 Å². The molecule has 90 valence electrons. The van der Waals surface area contributed by atoms with Gasteiger partial charge in [-0.25, -0.2) is 8.78 Å². The lowest BCUT2D eigenvalue weighted by molar-refractivity contribution is 0.577. The predicted molar refractivity (Wildman–Crippen MR) is 63.0 cm³/mol. The molecule has 0 aliphatic heterocycles. The van der Waals surface area contributed by atoms with Crippen LogP contribution < -0.4 is 5.32 Å². The molecule has 0 radical (unpaired) electrons. The van der Waals surface area contributed by atoms with Crippen molar-refractivity contribution in [2.75, 3.05) is 5.32 Å². The summed E-state index contributed by atoms with van der Waals surface area (Å²) in [6.07, 6.45) is 0. The summed E-state index contributed by atoms with van der Waals surface area (Å²) in [5.41, 5.74) is 0.276. The molecule has 2 rings (SSSR count). The summed E-state index contributed by atoms with van der Waals surface area (Å²) in [5, 5.41) is 12.1. The fourth-order valence-corrected chi connectivity index (χ4v) is 2.14. The van der Waals surface area contributed by atoms with Crippen molar-refractivity contribution < 1.29 is 8.78 Å². The highest BCUT2D eigenvalue weighted by Crippen LogP contribution is 2.24. The molecule has 1 heterocycles. The van der Waals surface area contributed by atoms with Gasteiger partial charge in [0.2, 0.25) is 5.13 Å². The first-order valence-electron chi connectivity index (χ1n) is 5.08. The molecule has 0 fully saturated rings.